The fourth-order valence-corrected chi connectivity index (χ4v) is 3.96. The van der Waals surface area contributed by atoms with Crippen LogP contribution >= 0.6 is 82.9 Å². The minimum atomic E-state index is 0. The van der Waals surface area contributed by atoms with E-state index in [0.717, 1.165) is 0 Å². The second kappa shape index (κ2) is 17.8. The molecule has 0 saturated heterocycles. The van der Waals surface area contributed by atoms with Crippen LogP contribution in [-0.2, 0) is 42.3 Å². The molecule has 0 radical (unpaired) electrons. The van der Waals surface area contributed by atoms with Crippen LogP contribution in [0.4, 0.5) is 0 Å². The molecule has 144 valence electrons. The van der Waals surface area contributed by atoms with Crippen molar-refractivity contribution in [2.24, 2.45) is 0 Å². The SMILES string of the molecule is C.O.O.S=c1[nH][nH]c(=S)s1.S=c1[nH]nc([S-])s1.S=c1[nH]nc([S-])s1.[Fe+2]. The summed E-state index contributed by atoms with van der Waals surface area (Å²) in [6.45, 7) is 0. The molecule has 0 aliphatic rings. The van der Waals surface area contributed by atoms with Crippen molar-refractivity contribution >= 4 is 108 Å². The second-order valence-electron chi connectivity index (χ2n) is 2.69. The Morgan fingerprint density at radius 3 is 1.08 bits per heavy atom. The summed E-state index contributed by atoms with van der Waals surface area (Å²) in [5.74, 6) is 0. The first-order valence-corrected chi connectivity index (χ1v) is 9.49. The van der Waals surface area contributed by atoms with E-state index in [9.17, 15) is 0 Å². The van der Waals surface area contributed by atoms with Crippen LogP contribution in [0.2, 0.25) is 0 Å². The van der Waals surface area contributed by atoms with Gasteiger partial charge in [-0.25, -0.2) is 0 Å². The molecule has 0 spiro atoms. The van der Waals surface area contributed by atoms with E-state index in [4.69, 9.17) is 24.4 Å². The molecular formula is C7H12FeN6O2S9. The largest absolute Gasteiger partial charge is 2.00 e. The van der Waals surface area contributed by atoms with E-state index in [1.54, 1.807) is 0 Å². The summed E-state index contributed by atoms with van der Waals surface area (Å²) in [5, 5.41) is 17.7. The maximum absolute atomic E-state index is 4.70. The molecule has 25 heavy (non-hydrogen) atoms. The van der Waals surface area contributed by atoms with Crippen LogP contribution in [0.25, 0.3) is 0 Å². The van der Waals surface area contributed by atoms with Crippen LogP contribution < -0.4 is 0 Å². The van der Waals surface area contributed by atoms with Crippen LogP contribution in [0.1, 0.15) is 7.43 Å². The summed E-state index contributed by atoms with van der Waals surface area (Å²) in [6.07, 6.45) is 0. The van der Waals surface area contributed by atoms with Gasteiger partial charge in [0.15, 0.2) is 7.91 Å². The number of nitrogens with zero attached hydrogens (tertiary/aromatic N) is 2. The zero-order valence-corrected chi connectivity index (χ0v) is 19.4. The molecule has 0 unspecified atom stereocenters. The molecule has 3 aromatic rings. The number of aromatic amines is 4. The molecule has 0 saturated carbocycles. The predicted octanol–water partition coefficient (Wildman–Crippen LogP) is 3.06. The second-order valence-corrected chi connectivity index (χ2v) is 9.66. The Balaban J connectivity index is -0.000000122. The first-order chi connectivity index (χ1) is 9.86. The van der Waals surface area contributed by atoms with Crippen molar-refractivity contribution in [2.45, 2.75) is 16.1 Å². The number of H-pyrrole nitrogens is 4. The van der Waals surface area contributed by atoms with Crippen molar-refractivity contribution in [1.82, 2.24) is 30.6 Å². The van der Waals surface area contributed by atoms with Gasteiger partial charge in [0.1, 0.15) is 0 Å². The van der Waals surface area contributed by atoms with Crippen LogP contribution in [0.5, 0.6) is 0 Å². The smallest absolute Gasteiger partial charge is 0.412 e. The van der Waals surface area contributed by atoms with Gasteiger partial charge < -0.3 is 58.9 Å². The fraction of sp³-hybridized carbons (Fsp3) is 0.143. The van der Waals surface area contributed by atoms with Crippen molar-refractivity contribution in [3.8, 4) is 0 Å². The zero-order valence-electron chi connectivity index (χ0n) is 10.9. The Hall–Kier alpha value is 0.439. The fourth-order valence-electron chi connectivity index (χ4n) is 0.670. The molecule has 0 bridgehead atoms. The van der Waals surface area contributed by atoms with Crippen molar-refractivity contribution in [3.63, 3.8) is 0 Å². The third-order valence-electron chi connectivity index (χ3n) is 1.29. The van der Waals surface area contributed by atoms with Gasteiger partial charge in [-0.05, 0) is 33.1 Å². The first kappa shape index (κ1) is 33.1. The summed E-state index contributed by atoms with van der Waals surface area (Å²) >= 11 is 32.0. The molecule has 0 atom stereocenters. The van der Waals surface area contributed by atoms with Crippen molar-refractivity contribution in [2.75, 3.05) is 0 Å². The number of rotatable bonds is 0. The maximum atomic E-state index is 4.70. The quantitative estimate of drug-likeness (QED) is 0.187. The Bertz CT molecular complexity index is 816. The third kappa shape index (κ3) is 16.3. The summed E-state index contributed by atoms with van der Waals surface area (Å²) in [5.41, 5.74) is 0. The molecule has 8 N–H and O–H groups in total. The summed E-state index contributed by atoms with van der Waals surface area (Å²) in [4.78, 5) is 0. The van der Waals surface area contributed by atoms with Crippen molar-refractivity contribution in [3.05, 3.63) is 15.8 Å². The molecule has 8 nitrogen and oxygen atoms in total. The Labute approximate surface area is 196 Å². The number of hydrogen-bond donors (Lipinski definition) is 4. The van der Waals surface area contributed by atoms with Crippen LogP contribution in [0.15, 0.2) is 8.68 Å². The maximum Gasteiger partial charge on any atom is 2.00 e. The third-order valence-corrected chi connectivity index (χ3v) is 5.02. The Morgan fingerprint density at radius 1 is 0.680 bits per heavy atom. The molecular weight excluding hydrogens is 545 g/mol. The van der Waals surface area contributed by atoms with Gasteiger partial charge in [-0.2, -0.15) is 10.2 Å². The molecule has 18 heteroatoms. The average molecular weight is 557 g/mol. The van der Waals surface area contributed by atoms with E-state index in [1.807, 2.05) is 0 Å². The van der Waals surface area contributed by atoms with E-state index in [2.05, 4.69) is 80.3 Å². The molecule has 0 fully saturated rings. The van der Waals surface area contributed by atoms with Crippen LogP contribution in [-0.4, -0.2) is 41.5 Å². The normalized spacial score (nSPS) is 7.68. The van der Waals surface area contributed by atoms with E-state index in [-0.39, 0.29) is 35.4 Å². The number of aromatic nitrogens is 6. The molecule has 0 aromatic carbocycles. The minimum Gasteiger partial charge on any atom is -0.412 e. The molecule has 3 rings (SSSR count). The standard InChI is InChI=1S/3C2H2N2S3.CH4.Fe.2H2O/c3*5-1-3-4-2(6)7-1;;;;/h3*(H,3,5)(H,4,6);1H4;;2*1H2/q;;;;+2;;/p-2. The monoisotopic (exact) mass is 556 g/mol. The Morgan fingerprint density at radius 2 is 1.00 bits per heavy atom. The zero-order chi connectivity index (χ0) is 15.8. The molecule has 0 aliphatic heterocycles. The van der Waals surface area contributed by atoms with E-state index in [1.165, 1.54) is 34.0 Å². The van der Waals surface area contributed by atoms with Gasteiger partial charge in [0.2, 0.25) is 0 Å². The Kier molecular flexibility index (Phi) is 23.6. The summed E-state index contributed by atoms with van der Waals surface area (Å²) in [7, 11) is 0. The van der Waals surface area contributed by atoms with Gasteiger partial charge in [-0.3, -0.25) is 20.4 Å². The average Bonchev–Trinajstić information content (AvgIpc) is 3.06. The van der Waals surface area contributed by atoms with Crippen LogP contribution in [0.3, 0.4) is 0 Å². The van der Waals surface area contributed by atoms with E-state index < -0.39 is 0 Å². The number of nitrogens with one attached hydrogen (secondary N) is 4. The van der Waals surface area contributed by atoms with Gasteiger partial charge in [-0.15, -0.1) is 0 Å². The summed E-state index contributed by atoms with van der Waals surface area (Å²) in [6, 6.07) is 0. The van der Waals surface area contributed by atoms with Gasteiger partial charge in [0.05, 0.1) is 7.91 Å². The van der Waals surface area contributed by atoms with Gasteiger partial charge in [0, 0.05) is 0 Å². The molecule has 3 heterocycles. The van der Waals surface area contributed by atoms with Crippen molar-refractivity contribution in [1.29, 1.82) is 0 Å². The summed E-state index contributed by atoms with van der Waals surface area (Å²) < 4.78 is 3.83. The molecule has 0 amide bonds. The first-order valence-electron chi connectivity index (χ1n) is 4.59. The van der Waals surface area contributed by atoms with E-state index in [0.29, 0.717) is 24.5 Å². The van der Waals surface area contributed by atoms with Gasteiger partial charge >= 0.3 is 17.1 Å². The molecule has 3 aromatic heterocycles. The molecule has 0 aliphatic carbocycles. The van der Waals surface area contributed by atoms with Gasteiger partial charge in [0.25, 0.3) is 0 Å². The van der Waals surface area contributed by atoms with Gasteiger partial charge in [-0.1, -0.05) is 43.2 Å². The minimum absolute atomic E-state index is 0. The van der Waals surface area contributed by atoms with Crippen molar-refractivity contribution < 1.29 is 28.0 Å². The topological polar surface area (TPSA) is 152 Å². The number of hydrogen-bond acceptors (Lipinski definition) is 11. The predicted molar refractivity (Wildman–Crippen MR) is 115 cm³/mol. The van der Waals surface area contributed by atoms with E-state index >= 15 is 0 Å². The van der Waals surface area contributed by atoms with Crippen LogP contribution in [0, 0.1) is 15.8 Å².